The van der Waals surface area contributed by atoms with Crippen molar-refractivity contribution < 1.29 is 39.9 Å². The summed E-state index contributed by atoms with van der Waals surface area (Å²) in [5, 5.41) is -0.0867. The molecule has 0 radical (unpaired) electrons. The molecule has 1 atom stereocenters. The lowest BCUT2D eigenvalue weighted by atomic mass is 10.0. The number of carbonyl (C=O) groups excluding carboxylic acids is 1. The molecule has 1 aliphatic rings. The molecule has 11 heteroatoms. The monoisotopic (exact) mass is 485 g/mol. The van der Waals surface area contributed by atoms with Crippen LogP contribution in [0.4, 0.5) is 17.6 Å². The lowest BCUT2D eigenvalue weighted by Gasteiger charge is -2.21. The maximum Gasteiger partial charge on any atom is 0.573 e. The fourth-order valence-electron chi connectivity index (χ4n) is 3.91. The van der Waals surface area contributed by atoms with Gasteiger partial charge in [0.15, 0.2) is 5.78 Å². The number of alkyl halides is 3. The zero-order valence-corrected chi connectivity index (χ0v) is 18.0. The molecule has 0 spiro atoms. The second kappa shape index (κ2) is 8.79. The molecule has 33 heavy (non-hydrogen) atoms. The minimum Gasteiger partial charge on any atom is -0.443 e. The summed E-state index contributed by atoms with van der Waals surface area (Å²) in [7, 11) is -4.14. The Hall–Kier alpha value is -2.92. The van der Waals surface area contributed by atoms with Gasteiger partial charge < -0.3 is 9.15 Å². The number of halogens is 4. The Morgan fingerprint density at radius 2 is 1.94 bits per heavy atom. The number of hydrogen-bond acceptors (Lipinski definition) is 5. The van der Waals surface area contributed by atoms with Crippen molar-refractivity contribution in [3.63, 3.8) is 0 Å². The van der Waals surface area contributed by atoms with E-state index >= 15 is 0 Å². The summed E-state index contributed by atoms with van der Waals surface area (Å²) >= 11 is 0. The Kier molecular flexibility index (Phi) is 6.19. The second-order valence-electron chi connectivity index (χ2n) is 7.68. The third-order valence-corrected chi connectivity index (χ3v) is 7.15. The van der Waals surface area contributed by atoms with Crippen LogP contribution in [0.1, 0.15) is 24.8 Å². The average molecular weight is 485 g/mol. The summed E-state index contributed by atoms with van der Waals surface area (Å²) < 4.78 is 87.3. The van der Waals surface area contributed by atoms with Gasteiger partial charge in [0.25, 0.3) is 10.0 Å². The Balaban J connectivity index is 1.47. The van der Waals surface area contributed by atoms with E-state index in [-0.39, 0.29) is 47.0 Å². The number of benzene rings is 2. The number of Topliss-reactive ketones (excluding diaryl/α,β-unsaturated/α-hetero) is 1. The first kappa shape index (κ1) is 23.2. The number of ketones is 1. The van der Waals surface area contributed by atoms with Gasteiger partial charge in [-0.3, -0.25) is 4.79 Å². The van der Waals surface area contributed by atoms with Gasteiger partial charge in [-0.15, -0.1) is 13.2 Å². The van der Waals surface area contributed by atoms with E-state index in [0.29, 0.717) is 18.4 Å². The first-order valence-electron chi connectivity index (χ1n) is 10.1. The van der Waals surface area contributed by atoms with Crippen LogP contribution in [-0.2, 0) is 21.2 Å². The van der Waals surface area contributed by atoms with E-state index in [1.54, 1.807) is 6.07 Å². The molecule has 1 saturated heterocycles. The highest BCUT2D eigenvalue weighted by atomic mass is 32.2. The van der Waals surface area contributed by atoms with Crippen molar-refractivity contribution in [1.82, 2.24) is 4.31 Å². The van der Waals surface area contributed by atoms with Gasteiger partial charge in [0, 0.05) is 24.4 Å². The molecule has 2 aromatic carbocycles. The topological polar surface area (TPSA) is 76.8 Å². The van der Waals surface area contributed by atoms with Gasteiger partial charge in [-0.05, 0) is 55.2 Å². The zero-order valence-electron chi connectivity index (χ0n) is 17.1. The SMILES string of the molecule is O=C(CCc1cccc(OC(F)(F)F)c1)C1CCCN1S(=O)(=O)c1cc2cc(F)ccc2o1. The fourth-order valence-corrected chi connectivity index (χ4v) is 5.54. The molecule has 0 aliphatic carbocycles. The van der Waals surface area contributed by atoms with Crippen molar-refractivity contribution in [2.45, 2.75) is 43.2 Å². The van der Waals surface area contributed by atoms with Crippen molar-refractivity contribution in [2.24, 2.45) is 0 Å². The zero-order chi connectivity index (χ0) is 23.8. The molecule has 0 bridgehead atoms. The van der Waals surface area contributed by atoms with E-state index in [1.807, 2.05) is 0 Å². The lowest BCUT2D eigenvalue weighted by molar-refractivity contribution is -0.274. The van der Waals surface area contributed by atoms with Gasteiger partial charge in [0.1, 0.15) is 17.1 Å². The first-order chi connectivity index (χ1) is 15.5. The van der Waals surface area contributed by atoms with E-state index in [9.17, 15) is 30.8 Å². The second-order valence-corrected chi connectivity index (χ2v) is 9.50. The van der Waals surface area contributed by atoms with Crippen LogP contribution in [0.5, 0.6) is 5.75 Å². The molecule has 4 rings (SSSR count). The van der Waals surface area contributed by atoms with Gasteiger partial charge in [-0.25, -0.2) is 12.8 Å². The van der Waals surface area contributed by atoms with Crippen LogP contribution >= 0.6 is 0 Å². The van der Waals surface area contributed by atoms with Crippen LogP contribution in [0.3, 0.4) is 0 Å². The Morgan fingerprint density at radius 3 is 2.70 bits per heavy atom. The maximum atomic E-state index is 13.4. The lowest BCUT2D eigenvalue weighted by Crippen LogP contribution is -2.40. The number of sulfonamides is 1. The van der Waals surface area contributed by atoms with Gasteiger partial charge >= 0.3 is 6.36 Å². The molecule has 176 valence electrons. The average Bonchev–Trinajstić information content (AvgIpc) is 3.38. The van der Waals surface area contributed by atoms with Crippen LogP contribution in [0.2, 0.25) is 0 Å². The number of furan rings is 1. The Labute approximate surface area is 186 Å². The normalized spacial score (nSPS) is 17.5. The van der Waals surface area contributed by atoms with E-state index < -0.39 is 28.2 Å². The van der Waals surface area contributed by atoms with Gasteiger partial charge in [-0.2, -0.15) is 4.31 Å². The molecule has 0 saturated carbocycles. The summed E-state index contributed by atoms with van der Waals surface area (Å²) in [4.78, 5) is 12.8. The van der Waals surface area contributed by atoms with Gasteiger partial charge in [0.2, 0.25) is 5.09 Å². The Morgan fingerprint density at radius 1 is 1.15 bits per heavy atom. The standard InChI is InChI=1S/C22H19F4NO5S/c23-16-7-9-20-15(12-16)13-21(31-20)33(29,30)27-10-2-5-18(27)19(28)8-6-14-3-1-4-17(11-14)32-22(24,25)26/h1,3-4,7,9,11-13,18H,2,5-6,8,10H2. The highest BCUT2D eigenvalue weighted by Crippen LogP contribution is 2.31. The number of hydrogen-bond donors (Lipinski definition) is 0. The van der Waals surface area contributed by atoms with Crippen molar-refractivity contribution in [1.29, 1.82) is 0 Å². The van der Waals surface area contributed by atoms with Crippen molar-refractivity contribution >= 4 is 26.8 Å². The molecule has 1 unspecified atom stereocenters. The highest BCUT2D eigenvalue weighted by molar-refractivity contribution is 7.89. The van der Waals surface area contributed by atoms with E-state index in [4.69, 9.17) is 4.42 Å². The minimum atomic E-state index is -4.82. The van der Waals surface area contributed by atoms with Crippen LogP contribution in [0, 0.1) is 5.82 Å². The number of nitrogens with zero attached hydrogens (tertiary/aromatic N) is 1. The van der Waals surface area contributed by atoms with Crippen molar-refractivity contribution in [3.8, 4) is 5.75 Å². The van der Waals surface area contributed by atoms with Crippen LogP contribution in [0.15, 0.2) is 58.0 Å². The number of aryl methyl sites for hydroxylation is 1. The summed E-state index contributed by atoms with van der Waals surface area (Å²) in [6.07, 6.45) is -3.96. The van der Waals surface area contributed by atoms with Gasteiger partial charge in [0.05, 0.1) is 6.04 Å². The third-order valence-electron chi connectivity index (χ3n) is 5.39. The maximum absolute atomic E-state index is 13.4. The quantitative estimate of drug-likeness (QED) is 0.449. The summed E-state index contributed by atoms with van der Waals surface area (Å²) in [6, 6.07) is 9.24. The summed E-state index contributed by atoms with van der Waals surface area (Å²) in [6.45, 7) is 0.124. The predicted octanol–water partition coefficient (Wildman–Crippen LogP) is 4.83. The molecule has 1 aliphatic heterocycles. The largest absolute Gasteiger partial charge is 0.573 e. The molecule has 1 aromatic heterocycles. The van der Waals surface area contributed by atoms with Crippen LogP contribution in [0.25, 0.3) is 11.0 Å². The number of carbonyl (C=O) groups is 1. The number of ether oxygens (including phenoxy) is 1. The molecule has 3 aromatic rings. The summed E-state index contributed by atoms with van der Waals surface area (Å²) in [5.74, 6) is -1.27. The summed E-state index contributed by atoms with van der Waals surface area (Å²) in [5.41, 5.74) is 0.662. The van der Waals surface area contributed by atoms with E-state index in [2.05, 4.69) is 4.74 Å². The molecular weight excluding hydrogens is 466 g/mol. The smallest absolute Gasteiger partial charge is 0.443 e. The number of fused-ring (bicyclic) bond motifs is 1. The third kappa shape index (κ3) is 5.19. The van der Waals surface area contributed by atoms with Crippen molar-refractivity contribution in [2.75, 3.05) is 6.54 Å². The molecule has 1 fully saturated rings. The molecule has 2 heterocycles. The first-order valence-corrected chi connectivity index (χ1v) is 11.6. The van der Waals surface area contributed by atoms with E-state index in [0.717, 1.165) is 22.5 Å². The Bertz CT molecular complexity index is 1290. The molecular formula is C22H19F4NO5S. The minimum absolute atomic E-state index is 0.0580. The molecule has 0 N–H and O–H groups in total. The van der Waals surface area contributed by atoms with Crippen molar-refractivity contribution in [3.05, 3.63) is 59.9 Å². The fraction of sp³-hybridized carbons (Fsp3) is 0.318. The van der Waals surface area contributed by atoms with Crippen LogP contribution in [-0.4, -0.2) is 37.5 Å². The van der Waals surface area contributed by atoms with E-state index in [1.165, 1.54) is 24.3 Å². The predicted molar refractivity (Wildman–Crippen MR) is 110 cm³/mol. The van der Waals surface area contributed by atoms with Gasteiger partial charge in [-0.1, -0.05) is 12.1 Å². The molecule has 6 nitrogen and oxygen atoms in total. The number of rotatable bonds is 7. The molecule has 0 amide bonds. The highest BCUT2D eigenvalue weighted by Gasteiger charge is 2.40. The van der Waals surface area contributed by atoms with Crippen LogP contribution < -0.4 is 4.74 Å².